The molecule has 2 rings (SSSR count). The van der Waals surface area contributed by atoms with Gasteiger partial charge in [-0.2, -0.15) is 0 Å². The summed E-state index contributed by atoms with van der Waals surface area (Å²) in [7, 11) is 1.79. The quantitative estimate of drug-likeness (QED) is 0.768. The number of rotatable bonds is 3. The van der Waals surface area contributed by atoms with E-state index in [4.69, 9.17) is 15.2 Å². The molecule has 0 amide bonds. The highest BCUT2D eigenvalue weighted by molar-refractivity contribution is 5.06. The van der Waals surface area contributed by atoms with Crippen molar-refractivity contribution < 1.29 is 9.47 Å². The largest absolute Gasteiger partial charge is 0.381 e. The molecule has 2 unspecified atom stereocenters. The number of ether oxygens (including phenoxy) is 2. The van der Waals surface area contributed by atoms with Crippen molar-refractivity contribution in [1.29, 1.82) is 0 Å². The number of morpholine rings is 1. The van der Waals surface area contributed by atoms with E-state index in [1.165, 1.54) is 0 Å². The molecule has 0 spiro atoms. The van der Waals surface area contributed by atoms with E-state index in [1.54, 1.807) is 7.11 Å². The van der Waals surface area contributed by atoms with Crippen molar-refractivity contribution in [3.63, 3.8) is 0 Å². The highest BCUT2D eigenvalue weighted by atomic mass is 16.5. The summed E-state index contributed by atoms with van der Waals surface area (Å²) in [6, 6.07) is 0.470. The number of hydrogen-bond donors (Lipinski definition) is 1. The topological polar surface area (TPSA) is 47.7 Å². The Bertz CT molecular complexity index is 241. The van der Waals surface area contributed by atoms with Gasteiger partial charge in [0.15, 0.2) is 0 Å². The Balaban J connectivity index is 2.03. The van der Waals surface area contributed by atoms with Gasteiger partial charge in [0, 0.05) is 31.8 Å². The molecule has 4 heteroatoms. The molecule has 2 atom stereocenters. The monoisotopic (exact) mass is 228 g/mol. The van der Waals surface area contributed by atoms with E-state index in [9.17, 15) is 0 Å². The molecule has 1 heterocycles. The van der Waals surface area contributed by atoms with E-state index in [2.05, 4.69) is 18.7 Å². The Kier molecular flexibility index (Phi) is 3.54. The van der Waals surface area contributed by atoms with Gasteiger partial charge < -0.3 is 15.2 Å². The molecule has 0 radical (unpaired) electrons. The van der Waals surface area contributed by atoms with Gasteiger partial charge in [0.25, 0.3) is 0 Å². The van der Waals surface area contributed by atoms with Crippen molar-refractivity contribution in [3.8, 4) is 0 Å². The van der Waals surface area contributed by atoms with E-state index in [1.807, 2.05) is 0 Å². The predicted octanol–water partition coefficient (Wildman–Crippen LogP) is 0.602. The second kappa shape index (κ2) is 4.61. The minimum Gasteiger partial charge on any atom is -0.381 e. The lowest BCUT2D eigenvalue weighted by atomic mass is 9.72. The lowest BCUT2D eigenvalue weighted by Crippen LogP contribution is -2.69. The third kappa shape index (κ3) is 1.99. The Morgan fingerprint density at radius 1 is 1.44 bits per heavy atom. The zero-order valence-corrected chi connectivity index (χ0v) is 10.6. The molecular weight excluding hydrogens is 204 g/mol. The van der Waals surface area contributed by atoms with Gasteiger partial charge in [-0.1, -0.05) is 0 Å². The van der Waals surface area contributed by atoms with E-state index >= 15 is 0 Å². The molecule has 2 N–H and O–H groups in total. The number of methoxy groups -OCH3 is 1. The molecule has 1 saturated heterocycles. The molecule has 0 aromatic heterocycles. The van der Waals surface area contributed by atoms with Crippen LogP contribution in [0.5, 0.6) is 0 Å². The Hall–Kier alpha value is -0.160. The van der Waals surface area contributed by atoms with Crippen molar-refractivity contribution in [2.45, 2.75) is 50.5 Å². The van der Waals surface area contributed by atoms with Crippen LogP contribution in [0.3, 0.4) is 0 Å². The van der Waals surface area contributed by atoms with Gasteiger partial charge in [0.05, 0.1) is 18.8 Å². The molecule has 0 aromatic rings. The molecule has 1 aliphatic carbocycles. The van der Waals surface area contributed by atoms with E-state index in [0.29, 0.717) is 18.2 Å². The summed E-state index contributed by atoms with van der Waals surface area (Å²) in [4.78, 5) is 2.54. The Labute approximate surface area is 98.1 Å². The summed E-state index contributed by atoms with van der Waals surface area (Å²) in [6.07, 6.45) is 2.85. The normalized spacial score (nSPS) is 45.4. The minimum atomic E-state index is 0.165. The van der Waals surface area contributed by atoms with Gasteiger partial charge in [0.1, 0.15) is 0 Å². The van der Waals surface area contributed by atoms with Gasteiger partial charge in [-0.15, -0.1) is 0 Å². The highest BCUT2D eigenvalue weighted by Crippen LogP contribution is 2.41. The summed E-state index contributed by atoms with van der Waals surface area (Å²) in [5.41, 5.74) is 6.15. The number of nitrogens with zero attached hydrogens (tertiary/aromatic N) is 1. The standard InChI is InChI=1S/C12H24N2O2/c1-9-7-16-10(2)6-14(9)12(8-13)4-11(5-12)15-3/h9-11H,4-8,13H2,1-3H3. The molecule has 1 saturated carbocycles. The van der Waals surface area contributed by atoms with Crippen LogP contribution in [0.25, 0.3) is 0 Å². The van der Waals surface area contributed by atoms with E-state index in [0.717, 1.165) is 32.5 Å². The second-order valence-electron chi connectivity index (χ2n) is 5.34. The van der Waals surface area contributed by atoms with Gasteiger partial charge in [-0.25, -0.2) is 0 Å². The van der Waals surface area contributed by atoms with E-state index in [-0.39, 0.29) is 5.54 Å². The zero-order valence-electron chi connectivity index (χ0n) is 10.6. The third-order valence-corrected chi connectivity index (χ3v) is 4.15. The fourth-order valence-electron chi connectivity index (χ4n) is 3.04. The third-order valence-electron chi connectivity index (χ3n) is 4.15. The van der Waals surface area contributed by atoms with Crippen LogP contribution in [0.2, 0.25) is 0 Å². The SMILES string of the molecule is COC1CC(CN)(N2CC(C)OCC2C)C1. The van der Waals surface area contributed by atoms with Crippen LogP contribution in [0.4, 0.5) is 0 Å². The van der Waals surface area contributed by atoms with Crippen molar-refractivity contribution in [2.24, 2.45) is 5.73 Å². The Morgan fingerprint density at radius 3 is 2.69 bits per heavy atom. The van der Waals surface area contributed by atoms with Crippen LogP contribution >= 0.6 is 0 Å². The Morgan fingerprint density at radius 2 is 2.12 bits per heavy atom. The molecule has 2 aliphatic rings. The van der Waals surface area contributed by atoms with Gasteiger partial charge in [-0.05, 0) is 26.7 Å². The zero-order chi connectivity index (χ0) is 11.8. The maximum Gasteiger partial charge on any atom is 0.0675 e. The highest BCUT2D eigenvalue weighted by Gasteiger charge is 2.50. The summed E-state index contributed by atoms with van der Waals surface area (Å²) in [5, 5.41) is 0. The summed E-state index contributed by atoms with van der Waals surface area (Å²) in [5.74, 6) is 0. The first kappa shape index (κ1) is 12.3. The molecule has 4 nitrogen and oxygen atoms in total. The fraction of sp³-hybridized carbons (Fsp3) is 1.00. The summed E-state index contributed by atoms with van der Waals surface area (Å²) < 4.78 is 11.1. The molecule has 0 bridgehead atoms. The van der Waals surface area contributed by atoms with Gasteiger partial charge >= 0.3 is 0 Å². The van der Waals surface area contributed by atoms with Crippen LogP contribution in [0.15, 0.2) is 0 Å². The van der Waals surface area contributed by atoms with Gasteiger partial charge in [-0.3, -0.25) is 4.90 Å². The van der Waals surface area contributed by atoms with Crippen LogP contribution < -0.4 is 5.73 Å². The second-order valence-corrected chi connectivity index (χ2v) is 5.34. The first-order valence-corrected chi connectivity index (χ1v) is 6.22. The molecule has 0 aromatic carbocycles. The van der Waals surface area contributed by atoms with Crippen LogP contribution in [0, 0.1) is 0 Å². The van der Waals surface area contributed by atoms with Crippen LogP contribution in [-0.4, -0.2) is 55.5 Å². The predicted molar refractivity (Wildman–Crippen MR) is 63.4 cm³/mol. The van der Waals surface area contributed by atoms with E-state index < -0.39 is 0 Å². The molecular formula is C12H24N2O2. The van der Waals surface area contributed by atoms with Crippen molar-refractivity contribution in [1.82, 2.24) is 4.90 Å². The fourth-order valence-corrected chi connectivity index (χ4v) is 3.04. The number of nitrogens with two attached hydrogens (primary N) is 1. The molecule has 1 aliphatic heterocycles. The van der Waals surface area contributed by atoms with Crippen molar-refractivity contribution in [3.05, 3.63) is 0 Å². The number of hydrogen-bond acceptors (Lipinski definition) is 4. The smallest absolute Gasteiger partial charge is 0.0675 e. The van der Waals surface area contributed by atoms with Crippen molar-refractivity contribution in [2.75, 3.05) is 26.8 Å². The van der Waals surface area contributed by atoms with Crippen molar-refractivity contribution >= 4 is 0 Å². The maximum absolute atomic E-state index is 5.99. The van der Waals surface area contributed by atoms with Crippen LogP contribution in [-0.2, 0) is 9.47 Å². The average molecular weight is 228 g/mol. The molecule has 2 fully saturated rings. The summed E-state index contributed by atoms with van der Waals surface area (Å²) >= 11 is 0. The summed E-state index contributed by atoms with van der Waals surface area (Å²) in [6.45, 7) is 6.90. The van der Waals surface area contributed by atoms with Gasteiger partial charge in [0.2, 0.25) is 0 Å². The lowest BCUT2D eigenvalue weighted by Gasteiger charge is -2.57. The van der Waals surface area contributed by atoms with Crippen LogP contribution in [0.1, 0.15) is 26.7 Å². The molecule has 16 heavy (non-hydrogen) atoms. The average Bonchev–Trinajstić information content (AvgIpc) is 2.23. The first-order valence-electron chi connectivity index (χ1n) is 6.22. The molecule has 94 valence electrons. The lowest BCUT2D eigenvalue weighted by molar-refractivity contribution is -0.150. The minimum absolute atomic E-state index is 0.165. The first-order chi connectivity index (χ1) is 7.61. The maximum atomic E-state index is 5.99.